The number of benzene rings is 4. The van der Waals surface area contributed by atoms with Crippen molar-refractivity contribution in [2.75, 3.05) is 0 Å². The van der Waals surface area contributed by atoms with E-state index in [0.717, 1.165) is 4.82 Å². The molecule has 0 bridgehead atoms. The van der Waals surface area contributed by atoms with Crippen LogP contribution in [0.3, 0.4) is 0 Å². The summed E-state index contributed by atoms with van der Waals surface area (Å²) in [6.07, 6.45) is 0. The maximum absolute atomic E-state index is 3.99. The molecule has 36 heavy (non-hydrogen) atoms. The number of fused-ring (bicyclic) bond motifs is 10. The van der Waals surface area contributed by atoms with Crippen molar-refractivity contribution in [2.45, 2.75) is 46.4 Å². The molecule has 0 nitrogen and oxygen atoms in total. The van der Waals surface area contributed by atoms with E-state index < -0.39 is 6.51 Å². The standard InChI is InChI=1S/C29H22P.C5H5.Fe/c30-28-20-19-27(25-17-9-7-15-23(25)21-11-3-1-4-12-21)29(28)26-18-10-8-16-24(26)22-13-5-2-6-14-22;1-2-4-5-3-1;/h1-20H,30H2;1-5H;. The fraction of sp³-hybridized carbons (Fsp3) is 0.294. The van der Waals surface area contributed by atoms with Gasteiger partial charge in [-0.3, -0.25) is 0 Å². The van der Waals surface area contributed by atoms with Gasteiger partial charge in [-0.05, 0) is 0 Å². The van der Waals surface area contributed by atoms with Crippen molar-refractivity contribution >= 4 is 9.24 Å². The molecule has 10 aliphatic rings. The third kappa shape index (κ3) is 0.343. The SMILES string of the molecule is P[C]12[CH]3[CH]4[C]5(c6ccccc6-c6ccccc6)[C]1(c1ccccc1-c1ccccc1)[Fe]34251678[CH]2[CH]1[CH]6[CH]7[CH]28. The van der Waals surface area contributed by atoms with Gasteiger partial charge in [0.25, 0.3) is 0 Å². The summed E-state index contributed by atoms with van der Waals surface area (Å²) in [5, 5.41) is 0. The summed E-state index contributed by atoms with van der Waals surface area (Å²) in [5.41, 5.74) is 9.60. The molecule has 10 saturated heterocycles. The van der Waals surface area contributed by atoms with Gasteiger partial charge in [0.2, 0.25) is 0 Å². The van der Waals surface area contributed by atoms with Gasteiger partial charge in [0.15, 0.2) is 0 Å². The first-order valence-electron chi connectivity index (χ1n) is 13.8. The van der Waals surface area contributed by atoms with Crippen LogP contribution < -0.4 is 0 Å². The summed E-state index contributed by atoms with van der Waals surface area (Å²) < 4.78 is 1.68. The third-order valence-electron chi connectivity index (χ3n) is 19.9. The van der Waals surface area contributed by atoms with Crippen LogP contribution in [0.2, 0.25) is 33.7 Å². The first-order valence-corrected chi connectivity index (χ1v) is 20.5. The van der Waals surface area contributed by atoms with E-state index in [-0.39, 0.29) is 0 Å². The normalized spacial score (nSPS) is 66.3. The van der Waals surface area contributed by atoms with E-state index in [4.69, 9.17) is 0 Å². The first-order chi connectivity index (χ1) is 17.5. The molecule has 14 rings (SSSR count). The van der Waals surface area contributed by atoms with Crippen molar-refractivity contribution in [1.29, 1.82) is 0 Å². The predicted molar refractivity (Wildman–Crippen MR) is 146 cm³/mol. The average Bonchev–Trinajstić information content (AvgIpc) is 3.90. The van der Waals surface area contributed by atoms with Gasteiger partial charge in [-0.1, -0.05) is 0 Å². The van der Waals surface area contributed by atoms with Crippen LogP contribution in [0.15, 0.2) is 109 Å². The molecule has 4 aromatic carbocycles. The van der Waals surface area contributed by atoms with E-state index in [9.17, 15) is 0 Å². The molecule has 0 aromatic heterocycles. The summed E-state index contributed by atoms with van der Waals surface area (Å²) in [6, 6.07) is 42.3. The molecule has 10 aliphatic heterocycles. The maximum atomic E-state index is 3.77. The summed E-state index contributed by atoms with van der Waals surface area (Å²) in [5.74, 6) is 0. The Hall–Kier alpha value is -2.17. The fourth-order valence-electron chi connectivity index (χ4n) is 21.9. The quantitative estimate of drug-likeness (QED) is 0.186. The van der Waals surface area contributed by atoms with Crippen molar-refractivity contribution < 1.29 is 6.51 Å². The van der Waals surface area contributed by atoms with Crippen LogP contribution in [-0.2, 0) is 15.1 Å². The summed E-state index contributed by atoms with van der Waals surface area (Å²) in [4.78, 5) is 8.31. The van der Waals surface area contributed by atoms with E-state index in [0.29, 0.717) is 12.7 Å². The van der Waals surface area contributed by atoms with Crippen LogP contribution in [0.25, 0.3) is 22.3 Å². The van der Waals surface area contributed by atoms with E-state index in [1.165, 1.54) is 40.0 Å². The molecule has 1 spiro atoms. The van der Waals surface area contributed by atoms with Crippen molar-refractivity contribution in [3.05, 3.63) is 120 Å². The molecule has 0 amide bonds. The predicted octanol–water partition coefficient (Wildman–Crippen LogP) is 8.71. The van der Waals surface area contributed by atoms with Gasteiger partial charge in [0.05, 0.1) is 0 Å². The van der Waals surface area contributed by atoms with Gasteiger partial charge >= 0.3 is 205 Å². The summed E-state index contributed by atoms with van der Waals surface area (Å²) in [7, 11) is 3.77. The van der Waals surface area contributed by atoms with Crippen molar-refractivity contribution in [3.63, 3.8) is 0 Å². The number of hydrogen-bond donors (Lipinski definition) is 0. The molecular formula is C34H27FeP. The number of hydrogen-bond acceptors (Lipinski definition) is 0. The zero-order valence-corrected chi connectivity index (χ0v) is 22.1. The molecule has 0 N–H and O–H groups in total. The van der Waals surface area contributed by atoms with Crippen LogP contribution in [0.1, 0.15) is 11.1 Å². The topological polar surface area (TPSA) is 0 Å². The molecule has 6 unspecified atom stereocenters. The Morgan fingerprint density at radius 1 is 0.500 bits per heavy atom. The second-order valence-electron chi connectivity index (χ2n) is 15.7. The first kappa shape index (κ1) is 16.6. The van der Waals surface area contributed by atoms with Crippen molar-refractivity contribution in [1.82, 2.24) is 0 Å². The summed E-state index contributed by atoms with van der Waals surface area (Å²) >= 11 is 0. The molecule has 4 aromatic rings. The van der Waals surface area contributed by atoms with Gasteiger partial charge in [0.1, 0.15) is 0 Å². The van der Waals surface area contributed by atoms with Crippen molar-refractivity contribution in [2.24, 2.45) is 0 Å². The van der Waals surface area contributed by atoms with E-state index in [1.54, 1.807) is 16.7 Å². The molecule has 0 aliphatic carbocycles. The van der Waals surface area contributed by atoms with Crippen molar-refractivity contribution in [3.8, 4) is 22.3 Å². The minimum atomic E-state index is -3.99. The second kappa shape index (κ2) is 2.40. The van der Waals surface area contributed by atoms with Crippen LogP contribution in [0.4, 0.5) is 0 Å². The van der Waals surface area contributed by atoms with Gasteiger partial charge in [-0.15, -0.1) is 0 Å². The molecular weight excluding hydrogens is 495 g/mol. The molecule has 2 heteroatoms. The molecule has 0 saturated carbocycles. The Kier molecular flexibility index (Phi) is 1.11. The van der Waals surface area contributed by atoms with E-state index in [2.05, 4.69) is 118 Å². The summed E-state index contributed by atoms with van der Waals surface area (Å²) in [6.45, 7) is -3.99. The van der Waals surface area contributed by atoms with Crippen LogP contribution in [0, 0.1) is 0 Å². The Labute approximate surface area is 204 Å². The van der Waals surface area contributed by atoms with Crippen LogP contribution in [-0.4, -0.2) is 4.05 Å². The Balaban J connectivity index is 1.20. The zero-order valence-electron chi connectivity index (χ0n) is 19.9. The molecule has 176 valence electrons. The van der Waals surface area contributed by atoms with Gasteiger partial charge in [-0.2, -0.15) is 0 Å². The Morgan fingerprint density at radius 3 is 1.44 bits per heavy atom. The van der Waals surface area contributed by atoms with Crippen LogP contribution in [0.5, 0.6) is 0 Å². The fourth-order valence-corrected chi connectivity index (χ4v) is 108. The third-order valence-corrected chi connectivity index (χ3v) is 68.7. The molecule has 10 heterocycles. The van der Waals surface area contributed by atoms with Gasteiger partial charge in [-0.25, -0.2) is 0 Å². The van der Waals surface area contributed by atoms with Crippen LogP contribution >= 0.6 is 9.24 Å². The second-order valence-corrected chi connectivity index (χ2v) is 40.1. The number of rotatable bonds is 4. The monoisotopic (exact) mass is 522 g/mol. The van der Waals surface area contributed by atoms with Gasteiger partial charge < -0.3 is 0 Å². The molecule has 10 fully saturated rings. The minimum absolute atomic E-state index is 0.501. The Bertz CT molecular complexity index is 2220. The zero-order chi connectivity index (χ0) is 23.0. The molecule has 0 radical (unpaired) electrons. The molecule has 6 atom stereocenters. The average molecular weight is 522 g/mol. The van der Waals surface area contributed by atoms with E-state index >= 15 is 0 Å². The van der Waals surface area contributed by atoms with E-state index in [1.807, 2.05) is 5.56 Å². The van der Waals surface area contributed by atoms with Gasteiger partial charge in [0, 0.05) is 0 Å². The Morgan fingerprint density at radius 2 is 0.944 bits per heavy atom.